The van der Waals surface area contributed by atoms with Crippen LogP contribution in [-0.2, 0) is 0 Å². The van der Waals surface area contributed by atoms with E-state index in [0.717, 1.165) is 0 Å². The molecule has 0 aliphatic carbocycles. The van der Waals surface area contributed by atoms with E-state index in [1.165, 1.54) is 13.2 Å². The Kier molecular flexibility index (Phi) is 3.96. The third-order valence-corrected chi connectivity index (χ3v) is 2.53. The van der Waals surface area contributed by atoms with Crippen LogP contribution in [0.15, 0.2) is 23.2 Å². The molecule has 0 N–H and O–H groups in total. The Morgan fingerprint density at radius 2 is 2.29 bits per heavy atom. The summed E-state index contributed by atoms with van der Waals surface area (Å²) in [6.07, 6.45) is 0. The molecule has 0 bridgehead atoms. The van der Waals surface area contributed by atoms with Crippen LogP contribution in [0.2, 0.25) is 0 Å². The SMILES string of the molecule is C=C(CCl)c1c(F)cc(Br)cc1OC. The summed E-state index contributed by atoms with van der Waals surface area (Å²) >= 11 is 8.77. The fourth-order valence-electron chi connectivity index (χ4n) is 1.12. The Morgan fingerprint density at radius 1 is 1.64 bits per heavy atom. The first-order valence-electron chi connectivity index (χ1n) is 3.87. The molecule has 1 nitrogen and oxygen atoms in total. The summed E-state index contributed by atoms with van der Waals surface area (Å²) < 4.78 is 19.2. The van der Waals surface area contributed by atoms with E-state index < -0.39 is 0 Å². The zero-order valence-electron chi connectivity index (χ0n) is 7.61. The highest BCUT2D eigenvalue weighted by atomic mass is 79.9. The number of halogens is 3. The second-order valence-corrected chi connectivity index (χ2v) is 3.88. The van der Waals surface area contributed by atoms with Gasteiger partial charge in [0.15, 0.2) is 0 Å². The van der Waals surface area contributed by atoms with Gasteiger partial charge in [0.1, 0.15) is 11.6 Å². The molecule has 0 spiro atoms. The summed E-state index contributed by atoms with van der Waals surface area (Å²) in [5.41, 5.74) is 0.846. The Hall–Kier alpha value is -0.540. The van der Waals surface area contributed by atoms with Gasteiger partial charge in [0.2, 0.25) is 0 Å². The number of ether oxygens (including phenoxy) is 1. The van der Waals surface area contributed by atoms with E-state index in [-0.39, 0.29) is 11.7 Å². The van der Waals surface area contributed by atoms with Crippen molar-refractivity contribution in [3.8, 4) is 5.75 Å². The second kappa shape index (κ2) is 4.80. The van der Waals surface area contributed by atoms with Gasteiger partial charge in [0.25, 0.3) is 0 Å². The molecule has 0 saturated heterocycles. The molecule has 1 aromatic rings. The summed E-state index contributed by atoms with van der Waals surface area (Å²) in [5.74, 6) is 0.221. The minimum Gasteiger partial charge on any atom is -0.496 e. The molecule has 0 unspecified atom stereocenters. The zero-order chi connectivity index (χ0) is 10.7. The van der Waals surface area contributed by atoms with Crippen LogP contribution in [0.25, 0.3) is 5.57 Å². The minimum atomic E-state index is -0.387. The van der Waals surface area contributed by atoms with Gasteiger partial charge in [-0.2, -0.15) is 0 Å². The van der Waals surface area contributed by atoms with Crippen molar-refractivity contribution in [1.82, 2.24) is 0 Å². The molecule has 0 radical (unpaired) electrons. The topological polar surface area (TPSA) is 9.23 Å². The fraction of sp³-hybridized carbons (Fsp3) is 0.200. The largest absolute Gasteiger partial charge is 0.496 e. The van der Waals surface area contributed by atoms with Gasteiger partial charge in [-0.1, -0.05) is 22.5 Å². The van der Waals surface area contributed by atoms with Crippen molar-refractivity contribution in [3.05, 3.63) is 34.6 Å². The molecule has 0 atom stereocenters. The summed E-state index contributed by atoms with van der Waals surface area (Å²) in [4.78, 5) is 0. The van der Waals surface area contributed by atoms with Gasteiger partial charge in [-0.3, -0.25) is 0 Å². The molecule has 0 amide bonds. The normalized spacial score (nSPS) is 10.0. The number of hydrogen-bond acceptors (Lipinski definition) is 1. The van der Waals surface area contributed by atoms with Crippen molar-refractivity contribution >= 4 is 33.1 Å². The smallest absolute Gasteiger partial charge is 0.135 e. The van der Waals surface area contributed by atoms with E-state index in [2.05, 4.69) is 22.5 Å². The molecule has 0 aromatic heterocycles. The maximum Gasteiger partial charge on any atom is 0.135 e. The van der Waals surface area contributed by atoms with E-state index >= 15 is 0 Å². The van der Waals surface area contributed by atoms with Crippen molar-refractivity contribution in [2.75, 3.05) is 13.0 Å². The minimum absolute atomic E-state index is 0.176. The molecular weight excluding hydrogens is 270 g/mol. The van der Waals surface area contributed by atoms with Gasteiger partial charge < -0.3 is 4.74 Å². The number of methoxy groups -OCH3 is 1. The molecule has 0 fully saturated rings. The van der Waals surface area contributed by atoms with Crippen LogP contribution in [0, 0.1) is 5.82 Å². The van der Waals surface area contributed by atoms with E-state index in [1.54, 1.807) is 6.07 Å². The van der Waals surface area contributed by atoms with Crippen LogP contribution < -0.4 is 4.74 Å². The average Bonchev–Trinajstić information content (AvgIpc) is 2.15. The quantitative estimate of drug-likeness (QED) is 0.764. The highest BCUT2D eigenvalue weighted by Gasteiger charge is 2.13. The van der Waals surface area contributed by atoms with E-state index in [4.69, 9.17) is 16.3 Å². The Bertz CT molecular complexity index is 365. The molecule has 4 heteroatoms. The fourth-order valence-corrected chi connectivity index (χ4v) is 1.66. The van der Waals surface area contributed by atoms with Crippen LogP contribution in [0.5, 0.6) is 5.75 Å². The van der Waals surface area contributed by atoms with Gasteiger partial charge >= 0.3 is 0 Å². The number of hydrogen-bond donors (Lipinski definition) is 0. The predicted molar refractivity (Wildman–Crippen MR) is 60.4 cm³/mol. The first kappa shape index (κ1) is 11.5. The van der Waals surface area contributed by atoms with Crippen LogP contribution >= 0.6 is 27.5 Å². The van der Waals surface area contributed by atoms with Gasteiger partial charge in [-0.15, -0.1) is 11.6 Å². The van der Waals surface area contributed by atoms with E-state index in [0.29, 0.717) is 21.4 Å². The van der Waals surface area contributed by atoms with Crippen molar-refractivity contribution < 1.29 is 9.13 Å². The van der Waals surface area contributed by atoms with Crippen molar-refractivity contribution in [3.63, 3.8) is 0 Å². The van der Waals surface area contributed by atoms with Crippen molar-refractivity contribution in [1.29, 1.82) is 0 Å². The van der Waals surface area contributed by atoms with E-state index in [1.807, 2.05) is 0 Å². The average molecular weight is 280 g/mol. The van der Waals surface area contributed by atoms with Crippen LogP contribution in [0.1, 0.15) is 5.56 Å². The summed E-state index contributed by atoms with van der Waals surface area (Å²) in [7, 11) is 1.48. The lowest BCUT2D eigenvalue weighted by Gasteiger charge is -2.10. The maximum atomic E-state index is 13.5. The lowest BCUT2D eigenvalue weighted by Crippen LogP contribution is -1.96. The van der Waals surface area contributed by atoms with Gasteiger partial charge in [-0.25, -0.2) is 4.39 Å². The first-order valence-corrected chi connectivity index (χ1v) is 5.20. The number of allylic oxidation sites excluding steroid dienone is 1. The number of alkyl halides is 1. The second-order valence-electron chi connectivity index (χ2n) is 2.70. The van der Waals surface area contributed by atoms with Crippen molar-refractivity contribution in [2.24, 2.45) is 0 Å². The third-order valence-electron chi connectivity index (χ3n) is 1.75. The molecule has 1 rings (SSSR count). The lowest BCUT2D eigenvalue weighted by atomic mass is 10.1. The highest BCUT2D eigenvalue weighted by molar-refractivity contribution is 9.10. The maximum absolute atomic E-state index is 13.5. The molecule has 0 aliphatic rings. The van der Waals surface area contributed by atoms with Crippen molar-refractivity contribution in [2.45, 2.75) is 0 Å². The number of rotatable bonds is 3. The Morgan fingerprint density at radius 3 is 2.79 bits per heavy atom. The van der Waals surface area contributed by atoms with Crippen LogP contribution in [-0.4, -0.2) is 13.0 Å². The van der Waals surface area contributed by atoms with Crippen LogP contribution in [0.3, 0.4) is 0 Å². The highest BCUT2D eigenvalue weighted by Crippen LogP contribution is 2.31. The summed E-state index contributed by atoms with van der Waals surface area (Å²) in [6, 6.07) is 3.03. The zero-order valence-corrected chi connectivity index (χ0v) is 9.95. The van der Waals surface area contributed by atoms with E-state index in [9.17, 15) is 4.39 Å². The first-order chi connectivity index (χ1) is 6.60. The van der Waals surface area contributed by atoms with Gasteiger partial charge in [0.05, 0.1) is 12.7 Å². The third kappa shape index (κ3) is 2.28. The summed E-state index contributed by atoms with van der Waals surface area (Å²) in [5, 5.41) is 0. The molecule has 0 aliphatic heterocycles. The Balaban J connectivity index is 3.32. The Labute approximate surface area is 95.7 Å². The molecule has 0 heterocycles. The van der Waals surface area contributed by atoms with Gasteiger partial charge in [-0.05, 0) is 17.7 Å². The standard InChI is InChI=1S/C10H9BrClFO/c1-6(5-12)10-8(13)3-7(11)4-9(10)14-2/h3-4H,1,5H2,2H3. The molecule has 14 heavy (non-hydrogen) atoms. The molecule has 0 saturated carbocycles. The predicted octanol–water partition coefficient (Wildman–Crippen LogP) is 3.85. The van der Waals surface area contributed by atoms with Gasteiger partial charge in [0, 0.05) is 10.4 Å². The monoisotopic (exact) mass is 278 g/mol. The molecule has 76 valence electrons. The lowest BCUT2D eigenvalue weighted by molar-refractivity contribution is 0.409. The molecular formula is C10H9BrClFO. The van der Waals surface area contributed by atoms with Crippen LogP contribution in [0.4, 0.5) is 4.39 Å². The summed E-state index contributed by atoms with van der Waals surface area (Å²) in [6.45, 7) is 3.68. The molecule has 1 aromatic carbocycles. The number of benzene rings is 1.